The zero-order valence-corrected chi connectivity index (χ0v) is 58.5. The molecule has 0 saturated heterocycles. The van der Waals surface area contributed by atoms with Crippen molar-refractivity contribution < 1.29 is 149 Å². The molecule has 18 atom stereocenters. The molecular formula is C59H102N6O30S4. The number of aliphatic carboxylic acids is 3. The highest BCUT2D eigenvalue weighted by Crippen LogP contribution is 2.27. The summed E-state index contributed by atoms with van der Waals surface area (Å²) in [6, 6.07) is -5.39. The molecule has 18 unspecified atom stereocenters. The highest BCUT2D eigenvalue weighted by atomic mass is 33.1. The first kappa shape index (κ1) is 94.0. The Balaban J connectivity index is 7.59. The van der Waals surface area contributed by atoms with Crippen LogP contribution in [-0.2, 0) is 57.5 Å². The molecule has 36 nitrogen and oxygen atoms in total. The molecule has 572 valence electrons. The molecular weight excluding hydrogens is 1400 g/mol. The molecule has 40 heteroatoms. The predicted octanol–water partition coefficient (Wildman–Crippen LogP) is -6.80. The van der Waals surface area contributed by atoms with Gasteiger partial charge in [-0.1, -0.05) is 63.9 Å². The largest absolute Gasteiger partial charge is 0.481 e. The molecule has 0 radical (unpaired) electrons. The van der Waals surface area contributed by atoms with Gasteiger partial charge in [-0.25, -0.2) is 4.79 Å². The van der Waals surface area contributed by atoms with E-state index in [9.17, 15) is 139 Å². The summed E-state index contributed by atoms with van der Waals surface area (Å²) in [5.41, 5.74) is 0. The first-order chi connectivity index (χ1) is 46.5. The normalized spacial score (nSPS) is 17.1. The number of rotatable bonds is 59. The fourth-order valence-corrected chi connectivity index (χ4v) is 13.7. The van der Waals surface area contributed by atoms with E-state index in [4.69, 9.17) is 10.2 Å². The molecule has 0 spiro atoms. The molecule has 24 N–H and O–H groups in total. The van der Waals surface area contributed by atoms with Gasteiger partial charge in [0, 0.05) is 118 Å². The number of ketones is 3. The summed E-state index contributed by atoms with van der Waals surface area (Å²) in [5, 5.41) is 192. The molecule has 0 saturated carbocycles. The smallest absolute Gasteiger partial charge is 0.327 e. The van der Waals surface area contributed by atoms with Crippen LogP contribution in [0.25, 0.3) is 0 Å². The summed E-state index contributed by atoms with van der Waals surface area (Å²) < 4.78 is 0. The van der Waals surface area contributed by atoms with Gasteiger partial charge in [0.2, 0.25) is 35.4 Å². The number of nitrogens with one attached hydrogen (secondary N) is 6. The van der Waals surface area contributed by atoms with E-state index in [-0.39, 0.29) is 17.9 Å². The lowest BCUT2D eigenvalue weighted by molar-refractivity contribution is -0.142. The highest BCUT2D eigenvalue weighted by Gasteiger charge is 2.38. The predicted molar refractivity (Wildman–Crippen MR) is 356 cm³/mol. The summed E-state index contributed by atoms with van der Waals surface area (Å²) >= 11 is 0. The van der Waals surface area contributed by atoms with E-state index in [1.807, 2.05) is 20.8 Å². The van der Waals surface area contributed by atoms with Crippen molar-refractivity contribution in [3.63, 3.8) is 0 Å². The van der Waals surface area contributed by atoms with Gasteiger partial charge in [0.1, 0.15) is 66.8 Å². The molecule has 0 aliphatic carbocycles. The Morgan fingerprint density at radius 2 is 0.677 bits per heavy atom. The first-order valence-electron chi connectivity index (χ1n) is 31.9. The van der Waals surface area contributed by atoms with Gasteiger partial charge in [0.05, 0.1) is 50.2 Å². The Morgan fingerprint density at radius 1 is 0.364 bits per heavy atom. The third-order valence-corrected chi connectivity index (χ3v) is 20.4. The standard InChI is InChI=1S/C59H102N6O30S4/c1-4-16-96-99-28-36(59(94)95)65-58(93)32(7-12-47(80)62-23-41(74)52(87)55(90)44(77)26-68)20-38(71)35(9-14-49(83)84)64-57(92)31(6-11-46(79)61-22-40(73)51(86)54(89)43(76)25-67)19-37(70)34(8-13-48(81)82)63-56(91)30(18-33(69)15-17-97-98-27-29(2)3)5-10-45(78)60-21-39(72)50(85)53(88)42(75)24-66/h29-32,34-36,39-44,50-55,66-68,72-77,85-90H,4-28H2,1-3H3,(H,60,78)(H,61,79)(H,62,80)(H,63,91)(H,64,92)(H,65,93)(H,81,82)(H,83,84)(H,94,95). The molecule has 0 fully saturated rings. The van der Waals surface area contributed by atoms with E-state index in [0.29, 0.717) is 18.1 Å². The van der Waals surface area contributed by atoms with Gasteiger partial charge < -0.3 is 124 Å². The molecule has 0 aromatic carbocycles. The van der Waals surface area contributed by atoms with Crippen molar-refractivity contribution in [1.29, 1.82) is 0 Å². The van der Waals surface area contributed by atoms with E-state index in [1.165, 1.54) is 32.4 Å². The molecule has 0 heterocycles. The third-order valence-electron chi connectivity index (χ3n) is 15.0. The van der Waals surface area contributed by atoms with Crippen molar-refractivity contribution in [1.82, 2.24) is 31.9 Å². The van der Waals surface area contributed by atoms with Crippen molar-refractivity contribution in [2.45, 2.75) is 208 Å². The van der Waals surface area contributed by atoms with Crippen LogP contribution >= 0.6 is 43.2 Å². The van der Waals surface area contributed by atoms with Gasteiger partial charge in [-0.3, -0.25) is 52.7 Å². The van der Waals surface area contributed by atoms with Crippen LogP contribution in [0.4, 0.5) is 0 Å². The lowest BCUT2D eigenvalue weighted by Crippen LogP contribution is -2.50. The maximum atomic E-state index is 14.7. The lowest BCUT2D eigenvalue weighted by atomic mass is 9.89. The lowest BCUT2D eigenvalue weighted by Gasteiger charge is -2.26. The topological polar surface area (TPSA) is 641 Å². The second-order valence-electron chi connectivity index (χ2n) is 23.8. The zero-order chi connectivity index (χ0) is 75.6. The number of hydrogen-bond donors (Lipinski definition) is 24. The van der Waals surface area contributed by atoms with Gasteiger partial charge in [-0.05, 0) is 44.4 Å². The van der Waals surface area contributed by atoms with E-state index in [2.05, 4.69) is 31.9 Å². The monoisotopic (exact) mass is 1500 g/mol. The average molecular weight is 1500 g/mol. The van der Waals surface area contributed by atoms with E-state index in [0.717, 1.165) is 16.5 Å². The number of amides is 6. The molecule has 99 heavy (non-hydrogen) atoms. The SMILES string of the molecule is CCCSSCC(NC(=O)C(CCC(=O)NCC(O)C(O)C(O)C(O)CO)CC(=O)C(CCC(=O)O)NC(=O)C(CCC(=O)NCC(O)C(O)C(O)C(O)CO)CC(=O)C(CCC(=O)O)NC(=O)C(CCC(=O)NCC(O)C(O)C(O)C(O)CO)CC(=O)CCSSCC(C)C)C(=O)O. The first-order valence-corrected chi connectivity index (χ1v) is 36.9. The minimum atomic E-state index is -2.16. The number of hydrogen-bond acceptors (Lipinski definition) is 31. The van der Waals surface area contributed by atoms with Crippen LogP contribution < -0.4 is 31.9 Å². The Labute approximate surface area is 587 Å². The van der Waals surface area contributed by atoms with Crippen molar-refractivity contribution in [3.05, 3.63) is 0 Å². The minimum Gasteiger partial charge on any atom is -0.481 e. The van der Waals surface area contributed by atoms with Gasteiger partial charge in [-0.15, -0.1) is 0 Å². The molecule has 0 aromatic rings. The van der Waals surface area contributed by atoms with Crippen LogP contribution in [-0.4, -0.2) is 316 Å². The molecule has 6 amide bonds. The van der Waals surface area contributed by atoms with Gasteiger partial charge in [0.15, 0.2) is 11.6 Å². The van der Waals surface area contributed by atoms with Crippen molar-refractivity contribution in [3.8, 4) is 0 Å². The summed E-state index contributed by atoms with van der Waals surface area (Å²) in [5.74, 6) is -17.1. The van der Waals surface area contributed by atoms with Gasteiger partial charge in [0.25, 0.3) is 0 Å². The van der Waals surface area contributed by atoms with Crippen LogP contribution in [0.5, 0.6) is 0 Å². The van der Waals surface area contributed by atoms with Crippen LogP contribution in [0.15, 0.2) is 0 Å². The van der Waals surface area contributed by atoms with Crippen LogP contribution in [0.3, 0.4) is 0 Å². The molecule has 0 bridgehead atoms. The highest BCUT2D eigenvalue weighted by molar-refractivity contribution is 8.77. The maximum Gasteiger partial charge on any atom is 0.327 e. The van der Waals surface area contributed by atoms with Gasteiger partial charge in [-0.2, -0.15) is 0 Å². The zero-order valence-electron chi connectivity index (χ0n) is 55.2. The van der Waals surface area contributed by atoms with Crippen LogP contribution in [0.2, 0.25) is 0 Å². The quantitative estimate of drug-likeness (QED) is 0.0199. The Bertz CT molecular complexity index is 2500. The van der Waals surface area contributed by atoms with Gasteiger partial charge >= 0.3 is 17.9 Å². The second-order valence-corrected chi connectivity index (χ2v) is 29.1. The summed E-state index contributed by atoms with van der Waals surface area (Å²) in [6.45, 7) is 0.357. The molecule has 0 aliphatic rings. The number of Topliss-reactive ketones (excluding diaryl/α,β-unsaturated/α-hetero) is 3. The van der Waals surface area contributed by atoms with Crippen LogP contribution in [0.1, 0.15) is 117 Å². The second kappa shape index (κ2) is 52.1. The number of carbonyl (C=O) groups excluding carboxylic acids is 9. The fraction of sp³-hybridized carbons (Fsp3) is 0.797. The van der Waals surface area contributed by atoms with Crippen LogP contribution in [0, 0.1) is 23.7 Å². The van der Waals surface area contributed by atoms with E-state index < -0.39 is 303 Å². The number of carboxylic acid groups (broad SMARTS) is 3. The summed E-state index contributed by atoms with van der Waals surface area (Å²) in [4.78, 5) is 162. The molecule has 0 rings (SSSR count). The average Bonchev–Trinajstić information content (AvgIpc) is 0.874. The fourth-order valence-electron chi connectivity index (χ4n) is 8.88. The minimum absolute atomic E-state index is 0.0889. The van der Waals surface area contributed by atoms with E-state index >= 15 is 0 Å². The number of carbonyl (C=O) groups is 12. The van der Waals surface area contributed by atoms with Crippen molar-refractivity contribution >= 4 is 114 Å². The Kier molecular flexibility index (Phi) is 49.5. The maximum absolute atomic E-state index is 14.7. The summed E-state index contributed by atoms with van der Waals surface area (Å²) in [7, 11) is 5.20. The molecule has 0 aliphatic heterocycles. The third kappa shape index (κ3) is 39.9. The summed E-state index contributed by atoms with van der Waals surface area (Å²) in [6.07, 6.45) is -33.2. The Morgan fingerprint density at radius 3 is 0.990 bits per heavy atom. The number of carboxylic acids is 3. The van der Waals surface area contributed by atoms with Crippen molar-refractivity contribution in [2.24, 2.45) is 23.7 Å². The molecule has 0 aromatic heterocycles. The number of aliphatic hydroxyl groups excluding tert-OH is 15. The Hall–Kier alpha value is -4.96. The number of aliphatic hydroxyl groups is 15. The van der Waals surface area contributed by atoms with E-state index in [1.54, 1.807) is 0 Å². The van der Waals surface area contributed by atoms with Crippen molar-refractivity contribution in [2.75, 3.05) is 62.5 Å².